The van der Waals surface area contributed by atoms with Gasteiger partial charge in [0, 0.05) is 10.7 Å². The lowest BCUT2D eigenvalue weighted by molar-refractivity contribution is 0.242. The fourth-order valence-electron chi connectivity index (χ4n) is 1.14. The minimum absolute atomic E-state index is 0.104. The molecule has 0 N–H and O–H groups in total. The lowest BCUT2D eigenvalue weighted by Gasteiger charge is -2.09. The highest BCUT2D eigenvalue weighted by atomic mass is 35.7. The van der Waals surface area contributed by atoms with E-state index in [4.69, 9.17) is 15.4 Å². The first-order valence-electron chi connectivity index (χ1n) is 4.55. The number of rotatable bonds is 4. The highest BCUT2D eigenvalue weighted by Crippen LogP contribution is 2.16. The molecule has 0 aromatic heterocycles. The Balaban J connectivity index is 2.73. The molecular formula is C10H13ClO3S. The van der Waals surface area contributed by atoms with Crippen LogP contribution in [-0.2, 0) is 14.8 Å². The summed E-state index contributed by atoms with van der Waals surface area (Å²) in [4.78, 5) is 0. The Hall–Kier alpha value is -0.740. The van der Waals surface area contributed by atoms with E-state index in [0.717, 1.165) is 5.75 Å². The monoisotopic (exact) mass is 248 g/mol. The molecule has 1 rings (SSSR count). The van der Waals surface area contributed by atoms with Crippen molar-refractivity contribution in [3.05, 3.63) is 29.8 Å². The van der Waals surface area contributed by atoms with Crippen molar-refractivity contribution in [1.82, 2.24) is 0 Å². The second-order valence-corrected chi connectivity index (χ2v) is 6.27. The van der Waals surface area contributed by atoms with Crippen LogP contribution in [0.1, 0.15) is 19.4 Å². The van der Waals surface area contributed by atoms with Crippen LogP contribution in [0.5, 0.6) is 5.75 Å². The Morgan fingerprint density at radius 1 is 1.27 bits per heavy atom. The summed E-state index contributed by atoms with van der Waals surface area (Å²) < 4.78 is 27.0. The molecule has 0 radical (unpaired) electrons. The van der Waals surface area contributed by atoms with E-state index in [2.05, 4.69) is 0 Å². The third kappa shape index (κ3) is 5.04. The molecule has 0 aliphatic carbocycles. The van der Waals surface area contributed by atoms with Gasteiger partial charge in [-0.2, -0.15) is 0 Å². The standard InChI is InChI=1S/C10H13ClO3S/c1-8(2)14-10-5-3-9(4-6-10)7-15(11,12)13/h3-6,8H,7H2,1-2H3. The number of benzene rings is 1. The van der Waals surface area contributed by atoms with Crippen LogP contribution in [-0.4, -0.2) is 14.5 Å². The van der Waals surface area contributed by atoms with Gasteiger partial charge in [-0.15, -0.1) is 0 Å². The molecule has 0 spiro atoms. The Morgan fingerprint density at radius 2 is 1.80 bits per heavy atom. The number of halogens is 1. The molecule has 0 atom stereocenters. The molecule has 0 fully saturated rings. The summed E-state index contributed by atoms with van der Waals surface area (Å²) in [7, 11) is 1.65. The van der Waals surface area contributed by atoms with Crippen molar-refractivity contribution < 1.29 is 13.2 Å². The summed E-state index contributed by atoms with van der Waals surface area (Å²) in [6.07, 6.45) is 0.104. The van der Waals surface area contributed by atoms with E-state index in [9.17, 15) is 8.42 Å². The van der Waals surface area contributed by atoms with Crippen LogP contribution in [0.15, 0.2) is 24.3 Å². The van der Waals surface area contributed by atoms with Crippen molar-refractivity contribution in [1.29, 1.82) is 0 Å². The molecule has 0 amide bonds. The molecule has 3 nitrogen and oxygen atoms in total. The minimum Gasteiger partial charge on any atom is -0.491 e. The molecule has 1 aromatic rings. The lowest BCUT2D eigenvalue weighted by atomic mass is 10.2. The highest BCUT2D eigenvalue weighted by Gasteiger charge is 2.07. The van der Waals surface area contributed by atoms with Gasteiger partial charge < -0.3 is 4.74 Å². The summed E-state index contributed by atoms with van der Waals surface area (Å²) in [6.45, 7) is 3.86. The Bertz CT molecular complexity index is 409. The molecule has 1 aromatic carbocycles. The average Bonchev–Trinajstić information content (AvgIpc) is 2.05. The Morgan fingerprint density at radius 3 is 2.20 bits per heavy atom. The van der Waals surface area contributed by atoms with E-state index in [0.29, 0.717) is 5.56 Å². The van der Waals surface area contributed by atoms with Crippen LogP contribution in [0.25, 0.3) is 0 Å². The normalized spacial score (nSPS) is 11.7. The third-order valence-corrected chi connectivity index (χ3v) is 2.64. The minimum atomic E-state index is -3.48. The second kappa shape index (κ2) is 4.86. The first kappa shape index (κ1) is 12.3. The zero-order chi connectivity index (χ0) is 11.5. The number of ether oxygens (including phenoxy) is 1. The van der Waals surface area contributed by atoms with Crippen LogP contribution in [0.2, 0.25) is 0 Å². The van der Waals surface area contributed by atoms with Gasteiger partial charge in [-0.1, -0.05) is 12.1 Å². The zero-order valence-corrected chi connectivity index (χ0v) is 10.2. The topological polar surface area (TPSA) is 43.4 Å². The molecule has 0 heterocycles. The average molecular weight is 249 g/mol. The maximum absolute atomic E-state index is 10.8. The van der Waals surface area contributed by atoms with E-state index in [-0.39, 0.29) is 11.9 Å². The summed E-state index contributed by atoms with van der Waals surface area (Å²) >= 11 is 0. The Labute approximate surface area is 94.4 Å². The second-order valence-electron chi connectivity index (χ2n) is 3.49. The molecule has 15 heavy (non-hydrogen) atoms. The van der Waals surface area contributed by atoms with Crippen molar-refractivity contribution in [2.24, 2.45) is 0 Å². The van der Waals surface area contributed by atoms with Crippen molar-refractivity contribution in [2.75, 3.05) is 0 Å². The fraction of sp³-hybridized carbons (Fsp3) is 0.400. The van der Waals surface area contributed by atoms with Crippen molar-refractivity contribution in [2.45, 2.75) is 25.7 Å². The van der Waals surface area contributed by atoms with Crippen LogP contribution < -0.4 is 4.74 Å². The molecule has 0 aliphatic heterocycles. The molecule has 0 bridgehead atoms. The van der Waals surface area contributed by atoms with Crippen LogP contribution in [0, 0.1) is 0 Å². The van der Waals surface area contributed by atoms with E-state index in [1.165, 1.54) is 0 Å². The van der Waals surface area contributed by atoms with E-state index < -0.39 is 9.05 Å². The van der Waals surface area contributed by atoms with Gasteiger partial charge in [-0.3, -0.25) is 0 Å². The van der Waals surface area contributed by atoms with Crippen LogP contribution >= 0.6 is 10.7 Å². The summed E-state index contributed by atoms with van der Waals surface area (Å²) in [5.41, 5.74) is 0.654. The summed E-state index contributed by atoms with van der Waals surface area (Å²) in [5.74, 6) is 0.567. The van der Waals surface area contributed by atoms with Gasteiger partial charge in [0.15, 0.2) is 0 Å². The van der Waals surface area contributed by atoms with Crippen molar-refractivity contribution in [3.8, 4) is 5.75 Å². The Kier molecular flexibility index (Phi) is 3.99. The largest absolute Gasteiger partial charge is 0.491 e. The predicted molar refractivity (Wildman–Crippen MR) is 60.7 cm³/mol. The SMILES string of the molecule is CC(C)Oc1ccc(CS(=O)(=O)Cl)cc1. The molecule has 0 saturated carbocycles. The first-order valence-corrected chi connectivity index (χ1v) is 7.02. The molecule has 0 unspecified atom stereocenters. The van der Waals surface area contributed by atoms with Crippen molar-refractivity contribution in [3.63, 3.8) is 0 Å². The summed E-state index contributed by atoms with van der Waals surface area (Å²) in [5, 5.41) is 0. The number of hydrogen-bond donors (Lipinski definition) is 0. The van der Waals surface area contributed by atoms with Gasteiger partial charge >= 0.3 is 0 Å². The lowest BCUT2D eigenvalue weighted by Crippen LogP contribution is -2.05. The van der Waals surface area contributed by atoms with Gasteiger partial charge in [-0.25, -0.2) is 8.42 Å². The van der Waals surface area contributed by atoms with E-state index in [1.54, 1.807) is 24.3 Å². The smallest absolute Gasteiger partial charge is 0.236 e. The van der Waals surface area contributed by atoms with Crippen LogP contribution in [0.3, 0.4) is 0 Å². The van der Waals surface area contributed by atoms with Gasteiger partial charge in [0.2, 0.25) is 9.05 Å². The predicted octanol–water partition coefficient (Wildman–Crippen LogP) is 2.54. The maximum atomic E-state index is 10.8. The molecule has 0 saturated heterocycles. The maximum Gasteiger partial charge on any atom is 0.236 e. The molecule has 0 aliphatic rings. The van der Waals surface area contributed by atoms with Gasteiger partial charge in [-0.05, 0) is 31.5 Å². The van der Waals surface area contributed by atoms with Gasteiger partial charge in [0.1, 0.15) is 5.75 Å². The van der Waals surface area contributed by atoms with Gasteiger partial charge in [0.05, 0.1) is 11.9 Å². The highest BCUT2D eigenvalue weighted by molar-refractivity contribution is 8.13. The molecule has 84 valence electrons. The van der Waals surface area contributed by atoms with Crippen molar-refractivity contribution >= 4 is 19.7 Å². The van der Waals surface area contributed by atoms with Gasteiger partial charge in [0.25, 0.3) is 0 Å². The zero-order valence-electron chi connectivity index (χ0n) is 8.60. The third-order valence-electron chi connectivity index (χ3n) is 1.63. The summed E-state index contributed by atoms with van der Waals surface area (Å²) in [6, 6.07) is 6.85. The van der Waals surface area contributed by atoms with Crippen LogP contribution in [0.4, 0.5) is 0 Å². The fourth-order valence-corrected chi connectivity index (χ4v) is 2.10. The van der Waals surface area contributed by atoms with E-state index in [1.807, 2.05) is 13.8 Å². The molecular weight excluding hydrogens is 236 g/mol. The van der Waals surface area contributed by atoms with E-state index >= 15 is 0 Å². The number of hydrogen-bond acceptors (Lipinski definition) is 3. The first-order chi connectivity index (χ1) is 6.87. The quantitative estimate of drug-likeness (QED) is 0.769. The molecule has 5 heteroatoms.